The van der Waals surface area contributed by atoms with Crippen molar-refractivity contribution in [3.63, 3.8) is 0 Å². The number of rotatable bonds is 4. The molecule has 2 rings (SSSR count). The molecule has 1 aromatic carbocycles. The molecule has 0 aromatic heterocycles. The van der Waals surface area contributed by atoms with Crippen LogP contribution in [0.5, 0.6) is 0 Å². The van der Waals surface area contributed by atoms with Crippen molar-refractivity contribution < 1.29 is 14.3 Å². The molecular weight excluding hydrogens is 330 g/mol. The molecule has 0 N–H and O–H groups in total. The number of carbonyl (C=O) groups is 2. The molecule has 0 aliphatic carbocycles. The van der Waals surface area contributed by atoms with Gasteiger partial charge in [-0.3, -0.25) is 4.79 Å². The summed E-state index contributed by atoms with van der Waals surface area (Å²) in [6.45, 7) is 7.01. The van der Waals surface area contributed by atoms with Gasteiger partial charge in [0, 0.05) is 25.6 Å². The highest BCUT2D eigenvalue weighted by Crippen LogP contribution is 2.22. The molecule has 1 aliphatic heterocycles. The first-order valence-corrected chi connectivity index (χ1v) is 8.98. The zero-order valence-corrected chi connectivity index (χ0v) is 15.8. The second-order valence-corrected chi connectivity index (χ2v) is 7.58. The summed E-state index contributed by atoms with van der Waals surface area (Å²) in [5.41, 5.74) is 0.477. The Morgan fingerprint density at radius 3 is 2.38 bits per heavy atom. The fourth-order valence-corrected chi connectivity index (χ4v) is 2.99. The van der Waals surface area contributed by atoms with Gasteiger partial charge in [0.15, 0.2) is 0 Å². The maximum Gasteiger partial charge on any atom is 0.410 e. The lowest BCUT2D eigenvalue weighted by molar-refractivity contribution is -0.137. The lowest BCUT2D eigenvalue weighted by Crippen LogP contribution is -2.45. The topological polar surface area (TPSA) is 73.6 Å². The molecule has 1 saturated heterocycles. The number of hydrogen-bond donors (Lipinski definition) is 0. The van der Waals surface area contributed by atoms with Crippen molar-refractivity contribution in [3.05, 3.63) is 35.9 Å². The van der Waals surface area contributed by atoms with E-state index in [9.17, 15) is 9.59 Å². The first kappa shape index (κ1) is 19.8. The summed E-state index contributed by atoms with van der Waals surface area (Å²) in [5, 5.41) is 9.07. The zero-order valence-electron chi connectivity index (χ0n) is 15.8. The molecule has 6 heteroatoms. The second kappa shape index (κ2) is 8.70. The van der Waals surface area contributed by atoms with Crippen LogP contribution in [0.3, 0.4) is 0 Å². The number of carbonyl (C=O) groups excluding carboxylic acids is 2. The monoisotopic (exact) mass is 357 g/mol. The minimum atomic E-state index is -0.525. The van der Waals surface area contributed by atoms with Crippen LogP contribution in [-0.4, -0.2) is 47.0 Å². The molecule has 1 aliphatic rings. The highest BCUT2D eigenvalue weighted by molar-refractivity contribution is 5.79. The normalized spacial score (nSPS) is 15.2. The van der Waals surface area contributed by atoms with Crippen LogP contribution in [-0.2, 0) is 16.1 Å². The molecule has 0 unspecified atom stereocenters. The Hall–Kier alpha value is -2.55. The Bertz CT molecular complexity index is 653. The van der Waals surface area contributed by atoms with Gasteiger partial charge in [0.2, 0.25) is 5.91 Å². The highest BCUT2D eigenvalue weighted by Gasteiger charge is 2.32. The standard InChI is InChI=1S/C20H27N3O3/c1-20(2,3)26-19(25)22-12-9-17(10-13-22)18(24)23(14-11-21)15-16-7-5-4-6-8-16/h4-8,17H,9-10,12-15H2,1-3H3. The van der Waals surface area contributed by atoms with E-state index in [4.69, 9.17) is 10.00 Å². The fourth-order valence-electron chi connectivity index (χ4n) is 2.99. The summed E-state index contributed by atoms with van der Waals surface area (Å²) >= 11 is 0. The van der Waals surface area contributed by atoms with Crippen molar-refractivity contribution >= 4 is 12.0 Å². The number of ether oxygens (including phenoxy) is 1. The number of piperidine rings is 1. The second-order valence-electron chi connectivity index (χ2n) is 7.58. The van der Waals surface area contributed by atoms with Crippen LogP contribution in [0.25, 0.3) is 0 Å². The van der Waals surface area contributed by atoms with Gasteiger partial charge >= 0.3 is 6.09 Å². The van der Waals surface area contributed by atoms with E-state index in [1.165, 1.54) is 0 Å². The summed E-state index contributed by atoms with van der Waals surface area (Å²) in [5.74, 6) is -0.176. The van der Waals surface area contributed by atoms with Crippen LogP contribution in [0.2, 0.25) is 0 Å². The zero-order chi connectivity index (χ0) is 19.2. The first-order chi connectivity index (χ1) is 12.3. The van der Waals surface area contributed by atoms with E-state index in [0.717, 1.165) is 5.56 Å². The van der Waals surface area contributed by atoms with Crippen LogP contribution in [0.1, 0.15) is 39.2 Å². The van der Waals surface area contributed by atoms with Gasteiger partial charge in [0.25, 0.3) is 0 Å². The maximum atomic E-state index is 12.8. The molecule has 1 aromatic rings. The van der Waals surface area contributed by atoms with E-state index in [1.807, 2.05) is 51.1 Å². The molecule has 1 heterocycles. The number of amides is 2. The maximum absolute atomic E-state index is 12.8. The van der Waals surface area contributed by atoms with Gasteiger partial charge in [-0.15, -0.1) is 0 Å². The largest absolute Gasteiger partial charge is 0.444 e. The van der Waals surface area contributed by atoms with E-state index >= 15 is 0 Å². The number of likely N-dealkylation sites (tertiary alicyclic amines) is 1. The summed E-state index contributed by atoms with van der Waals surface area (Å²) in [7, 11) is 0. The number of benzene rings is 1. The van der Waals surface area contributed by atoms with E-state index in [2.05, 4.69) is 6.07 Å². The quantitative estimate of drug-likeness (QED) is 0.776. The third kappa shape index (κ3) is 5.76. The van der Waals surface area contributed by atoms with Gasteiger partial charge in [0.1, 0.15) is 12.1 Å². The lowest BCUT2D eigenvalue weighted by Gasteiger charge is -2.34. The first-order valence-electron chi connectivity index (χ1n) is 8.98. The van der Waals surface area contributed by atoms with E-state index in [-0.39, 0.29) is 24.5 Å². The molecule has 0 atom stereocenters. The third-order valence-electron chi connectivity index (χ3n) is 4.29. The molecule has 2 amide bonds. The summed E-state index contributed by atoms with van der Waals surface area (Å²) in [6.07, 6.45) is 0.852. The van der Waals surface area contributed by atoms with Gasteiger partial charge in [0.05, 0.1) is 6.07 Å². The van der Waals surface area contributed by atoms with E-state index in [1.54, 1.807) is 9.80 Å². The molecule has 0 spiro atoms. The van der Waals surface area contributed by atoms with Crippen LogP contribution >= 0.6 is 0 Å². The SMILES string of the molecule is CC(C)(C)OC(=O)N1CCC(C(=O)N(CC#N)Cc2ccccc2)CC1. The Kier molecular flexibility index (Phi) is 6.62. The summed E-state index contributed by atoms with van der Waals surface area (Å²) in [4.78, 5) is 28.2. The molecule has 6 nitrogen and oxygen atoms in total. The summed E-state index contributed by atoms with van der Waals surface area (Å²) < 4.78 is 5.39. The number of nitriles is 1. The van der Waals surface area contributed by atoms with Crippen LogP contribution in [0.15, 0.2) is 30.3 Å². The van der Waals surface area contributed by atoms with Crippen molar-refractivity contribution in [2.75, 3.05) is 19.6 Å². The summed E-state index contributed by atoms with van der Waals surface area (Å²) in [6, 6.07) is 11.7. The lowest BCUT2D eigenvalue weighted by atomic mass is 9.95. The third-order valence-corrected chi connectivity index (χ3v) is 4.29. The van der Waals surface area contributed by atoms with Crippen molar-refractivity contribution in [1.82, 2.24) is 9.80 Å². The Labute approximate surface area is 155 Å². The molecule has 140 valence electrons. The Morgan fingerprint density at radius 1 is 1.23 bits per heavy atom. The van der Waals surface area contributed by atoms with E-state index < -0.39 is 5.60 Å². The van der Waals surface area contributed by atoms with Gasteiger partial charge in [-0.1, -0.05) is 30.3 Å². The fraction of sp³-hybridized carbons (Fsp3) is 0.550. The van der Waals surface area contributed by atoms with E-state index in [0.29, 0.717) is 32.5 Å². The predicted molar refractivity (Wildman–Crippen MR) is 98.0 cm³/mol. The number of nitrogens with zero attached hydrogens (tertiary/aromatic N) is 3. The van der Waals surface area contributed by atoms with Gasteiger partial charge < -0.3 is 14.5 Å². The average Bonchev–Trinajstić information content (AvgIpc) is 2.60. The van der Waals surface area contributed by atoms with Gasteiger partial charge in [-0.25, -0.2) is 4.79 Å². The van der Waals surface area contributed by atoms with Crippen molar-refractivity contribution in [3.8, 4) is 6.07 Å². The molecular formula is C20H27N3O3. The minimum absolute atomic E-state index is 0.0146. The predicted octanol–water partition coefficient (Wildman–Crippen LogP) is 3.19. The Morgan fingerprint density at radius 2 is 1.85 bits per heavy atom. The number of hydrogen-bond acceptors (Lipinski definition) is 4. The smallest absolute Gasteiger partial charge is 0.410 e. The molecule has 0 radical (unpaired) electrons. The molecule has 1 fully saturated rings. The van der Waals surface area contributed by atoms with Gasteiger partial charge in [-0.2, -0.15) is 5.26 Å². The Balaban J connectivity index is 1.93. The van der Waals surface area contributed by atoms with Crippen LogP contribution in [0.4, 0.5) is 4.79 Å². The molecule has 0 saturated carbocycles. The minimum Gasteiger partial charge on any atom is -0.444 e. The van der Waals surface area contributed by atoms with Gasteiger partial charge in [-0.05, 0) is 39.2 Å². The average molecular weight is 357 g/mol. The highest BCUT2D eigenvalue weighted by atomic mass is 16.6. The van der Waals surface area contributed by atoms with Crippen LogP contribution in [0, 0.1) is 17.2 Å². The molecule has 26 heavy (non-hydrogen) atoms. The van der Waals surface area contributed by atoms with Crippen LogP contribution < -0.4 is 0 Å². The van der Waals surface area contributed by atoms with Crippen molar-refractivity contribution in [1.29, 1.82) is 5.26 Å². The molecule has 0 bridgehead atoms. The van der Waals surface area contributed by atoms with Crippen molar-refractivity contribution in [2.24, 2.45) is 5.92 Å². The van der Waals surface area contributed by atoms with Crippen molar-refractivity contribution in [2.45, 2.75) is 45.8 Å².